The summed E-state index contributed by atoms with van der Waals surface area (Å²) in [5.74, 6) is 0. The van der Waals surface area contributed by atoms with Crippen molar-refractivity contribution in [2.75, 3.05) is 0 Å². The third-order valence-corrected chi connectivity index (χ3v) is 9.76. The third kappa shape index (κ3) is 3.34. The van der Waals surface area contributed by atoms with Crippen LogP contribution < -0.4 is 0 Å². The minimum absolute atomic E-state index is 1.24. The van der Waals surface area contributed by atoms with E-state index >= 15 is 0 Å². The molecule has 0 atom stereocenters. The number of rotatable bonds is 2. The van der Waals surface area contributed by atoms with E-state index in [1.54, 1.807) is 0 Å². The molecule has 0 spiro atoms. The summed E-state index contributed by atoms with van der Waals surface area (Å²) in [7, 11) is 0. The molecule has 10 rings (SSSR count). The molecule has 0 aliphatic heterocycles. The molecule has 0 aliphatic rings. The summed E-state index contributed by atoms with van der Waals surface area (Å²) in [5.41, 5.74) is 5.02. The lowest BCUT2D eigenvalue weighted by molar-refractivity contribution is 1.67. The standard InChI is InChI=1S/C44H26/c1-2-10-38-36(8-1)37-9-3-4-11-39(37)42-26-32(20-22-40(38)42)31-16-12-27-13-17-33(25-34(27)24-31)35-21-18-30-15-14-28-6-5-7-29-19-23-41(35)44(30)43(28)29/h1-26H. The Morgan fingerprint density at radius 1 is 0.227 bits per heavy atom. The molecule has 0 saturated heterocycles. The molecule has 10 aromatic carbocycles. The maximum Gasteiger partial charge on any atom is -0.00206 e. The normalized spacial score (nSPS) is 12.1. The van der Waals surface area contributed by atoms with Gasteiger partial charge < -0.3 is 0 Å². The van der Waals surface area contributed by atoms with Gasteiger partial charge in [0.05, 0.1) is 0 Å². The second-order valence-corrected chi connectivity index (χ2v) is 12.1. The van der Waals surface area contributed by atoms with Gasteiger partial charge in [0.1, 0.15) is 0 Å². The topological polar surface area (TPSA) is 0 Å². The SMILES string of the molecule is c1cc2ccc3ccc(-c4ccc5ccc(-c6ccc7c8ccccc8c8ccccc8c7c6)cc5c4)c4ccc(c1)c2c34. The molecule has 10 aromatic rings. The van der Waals surface area contributed by atoms with Crippen LogP contribution in [0.2, 0.25) is 0 Å². The van der Waals surface area contributed by atoms with Crippen LogP contribution in [-0.2, 0) is 0 Å². The fourth-order valence-corrected chi connectivity index (χ4v) is 7.67. The third-order valence-electron chi connectivity index (χ3n) is 9.76. The van der Waals surface area contributed by atoms with Gasteiger partial charge in [0.25, 0.3) is 0 Å². The van der Waals surface area contributed by atoms with Crippen molar-refractivity contribution >= 4 is 75.4 Å². The van der Waals surface area contributed by atoms with Crippen LogP contribution in [0.5, 0.6) is 0 Å². The minimum Gasteiger partial charge on any atom is -0.0616 e. The highest BCUT2D eigenvalue weighted by molar-refractivity contribution is 6.27. The molecule has 0 aliphatic carbocycles. The quantitative estimate of drug-likeness (QED) is 0.186. The predicted octanol–water partition coefficient (Wildman–Crippen LogP) is 12.5. The number of benzene rings is 10. The molecule has 0 unspecified atom stereocenters. The number of hydrogen-bond acceptors (Lipinski definition) is 0. The molecule has 0 N–H and O–H groups in total. The van der Waals surface area contributed by atoms with Gasteiger partial charge in [-0.3, -0.25) is 0 Å². The van der Waals surface area contributed by atoms with Crippen molar-refractivity contribution in [3.8, 4) is 22.3 Å². The van der Waals surface area contributed by atoms with E-state index in [4.69, 9.17) is 0 Å². The van der Waals surface area contributed by atoms with Crippen LogP contribution in [0.1, 0.15) is 0 Å². The molecule has 202 valence electrons. The van der Waals surface area contributed by atoms with Crippen molar-refractivity contribution in [2.24, 2.45) is 0 Å². The highest BCUT2D eigenvalue weighted by atomic mass is 14.2. The first-order valence-electron chi connectivity index (χ1n) is 15.3. The molecule has 0 radical (unpaired) electrons. The first kappa shape index (κ1) is 23.8. The van der Waals surface area contributed by atoms with E-state index in [0.29, 0.717) is 0 Å². The highest BCUT2D eigenvalue weighted by Crippen LogP contribution is 2.41. The summed E-state index contributed by atoms with van der Waals surface area (Å²) in [6.07, 6.45) is 0. The van der Waals surface area contributed by atoms with Crippen LogP contribution in [0.4, 0.5) is 0 Å². The number of hydrogen-bond donors (Lipinski definition) is 0. The maximum absolute atomic E-state index is 2.38. The second kappa shape index (κ2) is 8.89. The van der Waals surface area contributed by atoms with Gasteiger partial charge in [-0.15, -0.1) is 0 Å². The monoisotopic (exact) mass is 554 g/mol. The molecular weight excluding hydrogens is 528 g/mol. The molecular formula is C44H26. The van der Waals surface area contributed by atoms with Gasteiger partial charge in [0.2, 0.25) is 0 Å². The van der Waals surface area contributed by atoms with Crippen molar-refractivity contribution < 1.29 is 0 Å². The van der Waals surface area contributed by atoms with Gasteiger partial charge in [-0.1, -0.05) is 140 Å². The summed E-state index contributed by atoms with van der Waals surface area (Å²) in [6.45, 7) is 0. The summed E-state index contributed by atoms with van der Waals surface area (Å²) < 4.78 is 0. The van der Waals surface area contributed by atoms with Gasteiger partial charge in [-0.05, 0) is 116 Å². The van der Waals surface area contributed by atoms with E-state index in [1.165, 1.54) is 97.7 Å². The number of fused-ring (bicyclic) bond motifs is 7. The maximum atomic E-state index is 2.38. The fraction of sp³-hybridized carbons (Fsp3) is 0. The predicted molar refractivity (Wildman–Crippen MR) is 191 cm³/mol. The molecule has 0 aromatic heterocycles. The van der Waals surface area contributed by atoms with Crippen LogP contribution in [0.25, 0.3) is 97.7 Å². The van der Waals surface area contributed by atoms with Crippen LogP contribution >= 0.6 is 0 Å². The van der Waals surface area contributed by atoms with Gasteiger partial charge in [-0.2, -0.15) is 0 Å². The molecule has 0 nitrogen and oxygen atoms in total. The van der Waals surface area contributed by atoms with Crippen molar-refractivity contribution in [3.63, 3.8) is 0 Å². The summed E-state index contributed by atoms with van der Waals surface area (Å²) in [6, 6.07) is 58.7. The largest absolute Gasteiger partial charge is 0.0616 e. The lowest BCUT2D eigenvalue weighted by Gasteiger charge is -2.15. The van der Waals surface area contributed by atoms with E-state index in [2.05, 4.69) is 158 Å². The van der Waals surface area contributed by atoms with Crippen molar-refractivity contribution in [3.05, 3.63) is 158 Å². The Hall–Kier alpha value is -5.72. The van der Waals surface area contributed by atoms with Crippen LogP contribution in [0, 0.1) is 0 Å². The average Bonchev–Trinajstić information content (AvgIpc) is 3.10. The minimum atomic E-state index is 1.24. The lowest BCUT2D eigenvalue weighted by atomic mass is 9.89. The Bertz CT molecular complexity index is 2710. The Balaban J connectivity index is 1.16. The Morgan fingerprint density at radius 2 is 0.705 bits per heavy atom. The van der Waals surface area contributed by atoms with E-state index < -0.39 is 0 Å². The zero-order valence-electron chi connectivity index (χ0n) is 24.0. The van der Waals surface area contributed by atoms with Gasteiger partial charge in [0.15, 0.2) is 0 Å². The zero-order valence-corrected chi connectivity index (χ0v) is 24.0. The summed E-state index contributed by atoms with van der Waals surface area (Å²) in [5, 5.41) is 18.3. The Labute approximate surface area is 254 Å². The molecule has 0 fully saturated rings. The Morgan fingerprint density at radius 3 is 1.43 bits per heavy atom. The summed E-state index contributed by atoms with van der Waals surface area (Å²) >= 11 is 0. The van der Waals surface area contributed by atoms with Crippen molar-refractivity contribution in [2.45, 2.75) is 0 Å². The van der Waals surface area contributed by atoms with Crippen LogP contribution in [0.3, 0.4) is 0 Å². The van der Waals surface area contributed by atoms with E-state index in [0.717, 1.165) is 0 Å². The first-order chi connectivity index (χ1) is 21.8. The van der Waals surface area contributed by atoms with E-state index in [1.807, 2.05) is 0 Å². The molecule has 0 heteroatoms. The van der Waals surface area contributed by atoms with E-state index in [9.17, 15) is 0 Å². The molecule has 0 amide bonds. The van der Waals surface area contributed by atoms with Crippen LogP contribution in [-0.4, -0.2) is 0 Å². The molecule has 0 heterocycles. The second-order valence-electron chi connectivity index (χ2n) is 12.1. The molecule has 0 bridgehead atoms. The molecule has 44 heavy (non-hydrogen) atoms. The van der Waals surface area contributed by atoms with Crippen LogP contribution in [0.15, 0.2) is 158 Å². The zero-order chi connectivity index (χ0) is 28.8. The first-order valence-corrected chi connectivity index (χ1v) is 15.3. The molecule has 0 saturated carbocycles. The van der Waals surface area contributed by atoms with Crippen molar-refractivity contribution in [1.29, 1.82) is 0 Å². The van der Waals surface area contributed by atoms with Crippen molar-refractivity contribution in [1.82, 2.24) is 0 Å². The van der Waals surface area contributed by atoms with Gasteiger partial charge in [-0.25, -0.2) is 0 Å². The highest BCUT2D eigenvalue weighted by Gasteiger charge is 2.13. The smallest absolute Gasteiger partial charge is 0.00206 e. The average molecular weight is 555 g/mol. The van der Waals surface area contributed by atoms with Gasteiger partial charge in [0, 0.05) is 0 Å². The summed E-state index contributed by atoms with van der Waals surface area (Å²) in [4.78, 5) is 0. The lowest BCUT2D eigenvalue weighted by Crippen LogP contribution is -1.88. The van der Waals surface area contributed by atoms with E-state index in [-0.39, 0.29) is 0 Å². The van der Waals surface area contributed by atoms with Gasteiger partial charge >= 0.3 is 0 Å². The fourth-order valence-electron chi connectivity index (χ4n) is 7.67. The Kier molecular flexibility index (Phi) is 4.81.